The van der Waals surface area contributed by atoms with Crippen molar-refractivity contribution < 1.29 is 14.6 Å². The maximum Gasteiger partial charge on any atom is 0.123 e. The summed E-state index contributed by atoms with van der Waals surface area (Å²) in [5, 5.41) is 14.6. The molecule has 0 bridgehead atoms. The first-order valence-corrected chi connectivity index (χ1v) is 6.86. The molecule has 0 saturated heterocycles. The lowest BCUT2D eigenvalue weighted by molar-refractivity contribution is -0.0228. The summed E-state index contributed by atoms with van der Waals surface area (Å²) in [5.41, 5.74) is 0.743. The second-order valence-corrected chi connectivity index (χ2v) is 4.96. The smallest absolute Gasteiger partial charge is 0.123 e. The summed E-state index contributed by atoms with van der Waals surface area (Å²) in [6.07, 6.45) is 2.54. The molecule has 1 aromatic heterocycles. The van der Waals surface area contributed by atoms with E-state index in [1.165, 1.54) is 0 Å². The molecule has 1 aromatic rings. The number of ether oxygens (including phenoxy) is 2. The van der Waals surface area contributed by atoms with E-state index in [1.807, 2.05) is 0 Å². The van der Waals surface area contributed by atoms with Gasteiger partial charge in [-0.3, -0.25) is 4.68 Å². The Kier molecular flexibility index (Phi) is 6.85. The van der Waals surface area contributed by atoms with Gasteiger partial charge in [0.2, 0.25) is 0 Å². The van der Waals surface area contributed by atoms with E-state index in [0.717, 1.165) is 23.0 Å². The number of methoxy groups -OCH3 is 2. The maximum atomic E-state index is 10.4. The van der Waals surface area contributed by atoms with Gasteiger partial charge in [-0.2, -0.15) is 5.10 Å². The lowest BCUT2D eigenvalue weighted by Gasteiger charge is -2.22. The molecular weight excluding hydrogens is 300 g/mol. The van der Waals surface area contributed by atoms with Crippen LogP contribution in [0.25, 0.3) is 0 Å². The zero-order chi connectivity index (χ0) is 13.5. The van der Waals surface area contributed by atoms with Crippen LogP contribution in [0.5, 0.6) is 0 Å². The Bertz CT molecular complexity index is 357. The second kappa shape index (κ2) is 7.89. The molecule has 0 fully saturated rings. The van der Waals surface area contributed by atoms with Crippen LogP contribution in [-0.2, 0) is 16.0 Å². The van der Waals surface area contributed by atoms with E-state index < -0.39 is 6.10 Å². The van der Waals surface area contributed by atoms with Crippen molar-refractivity contribution in [2.45, 2.75) is 38.5 Å². The van der Waals surface area contributed by atoms with Crippen molar-refractivity contribution in [1.29, 1.82) is 0 Å². The molecule has 0 saturated carbocycles. The van der Waals surface area contributed by atoms with Crippen LogP contribution in [-0.4, -0.2) is 41.8 Å². The quantitative estimate of drug-likeness (QED) is 0.797. The molecule has 5 nitrogen and oxygen atoms in total. The molecule has 104 valence electrons. The van der Waals surface area contributed by atoms with Gasteiger partial charge in [0.15, 0.2) is 0 Å². The van der Waals surface area contributed by atoms with Crippen molar-refractivity contribution in [3.05, 3.63) is 16.4 Å². The van der Waals surface area contributed by atoms with Crippen LogP contribution in [0, 0.1) is 0 Å². The largest absolute Gasteiger partial charge is 0.384 e. The third-order valence-electron chi connectivity index (χ3n) is 2.85. The molecular formula is C12H21BrN2O3. The summed E-state index contributed by atoms with van der Waals surface area (Å²) in [6.45, 7) is 3.23. The van der Waals surface area contributed by atoms with Crippen LogP contribution >= 0.6 is 15.9 Å². The number of aliphatic hydroxyl groups is 1. The van der Waals surface area contributed by atoms with Crippen molar-refractivity contribution in [3.8, 4) is 0 Å². The van der Waals surface area contributed by atoms with Crippen LogP contribution in [0.15, 0.2) is 10.7 Å². The fourth-order valence-electron chi connectivity index (χ4n) is 1.89. The van der Waals surface area contributed by atoms with Crippen molar-refractivity contribution in [2.24, 2.45) is 0 Å². The van der Waals surface area contributed by atoms with E-state index in [1.54, 1.807) is 25.1 Å². The van der Waals surface area contributed by atoms with Gasteiger partial charge in [-0.15, -0.1) is 0 Å². The summed E-state index contributed by atoms with van der Waals surface area (Å²) in [5.74, 6) is 0. The summed E-state index contributed by atoms with van der Waals surface area (Å²) < 4.78 is 12.9. The van der Waals surface area contributed by atoms with Gasteiger partial charge in [-0.1, -0.05) is 13.3 Å². The van der Waals surface area contributed by atoms with E-state index >= 15 is 0 Å². The first-order chi connectivity index (χ1) is 8.65. The number of aliphatic hydroxyl groups excluding tert-OH is 1. The third-order valence-corrected chi connectivity index (χ3v) is 3.46. The van der Waals surface area contributed by atoms with Crippen molar-refractivity contribution >= 4 is 15.9 Å². The highest BCUT2D eigenvalue weighted by atomic mass is 79.9. The summed E-state index contributed by atoms with van der Waals surface area (Å²) >= 11 is 3.42. The zero-order valence-corrected chi connectivity index (χ0v) is 12.7. The Morgan fingerprint density at radius 2 is 2.22 bits per heavy atom. The zero-order valence-electron chi connectivity index (χ0n) is 11.1. The molecule has 6 heteroatoms. The molecule has 1 rings (SSSR count). The number of nitrogens with zero attached hydrogens (tertiary/aromatic N) is 2. The minimum Gasteiger partial charge on any atom is -0.384 e. The predicted octanol–water partition coefficient (Wildman–Crippen LogP) is 2.14. The number of rotatable bonds is 8. The molecule has 0 aliphatic heterocycles. The standard InChI is InChI=1S/C12H21BrN2O3/c1-4-5-10(18-3)12(16)11-9(13)8-14-15(11)6-7-17-2/h8,10,12,16H,4-7H2,1-3H3. The number of halogens is 1. The predicted molar refractivity (Wildman–Crippen MR) is 72.5 cm³/mol. The lowest BCUT2D eigenvalue weighted by Crippen LogP contribution is -2.24. The van der Waals surface area contributed by atoms with E-state index in [4.69, 9.17) is 9.47 Å². The number of hydrogen-bond acceptors (Lipinski definition) is 4. The molecule has 0 aliphatic carbocycles. The average molecular weight is 321 g/mol. The van der Waals surface area contributed by atoms with Crippen LogP contribution in [0.4, 0.5) is 0 Å². The van der Waals surface area contributed by atoms with E-state index in [9.17, 15) is 5.11 Å². The second-order valence-electron chi connectivity index (χ2n) is 4.10. The van der Waals surface area contributed by atoms with Gasteiger partial charge in [0.25, 0.3) is 0 Å². The molecule has 0 spiro atoms. The van der Waals surface area contributed by atoms with Gasteiger partial charge in [-0.25, -0.2) is 0 Å². The molecule has 1 N–H and O–H groups in total. The molecule has 0 aromatic carbocycles. The highest BCUT2D eigenvalue weighted by Crippen LogP contribution is 2.28. The Hall–Kier alpha value is -0.430. The fraction of sp³-hybridized carbons (Fsp3) is 0.750. The monoisotopic (exact) mass is 320 g/mol. The van der Waals surface area contributed by atoms with Crippen molar-refractivity contribution in [3.63, 3.8) is 0 Å². The van der Waals surface area contributed by atoms with Crippen molar-refractivity contribution in [1.82, 2.24) is 9.78 Å². The lowest BCUT2D eigenvalue weighted by atomic mass is 10.1. The number of hydrogen-bond donors (Lipinski definition) is 1. The van der Waals surface area contributed by atoms with Gasteiger partial charge in [0.05, 0.1) is 35.6 Å². The van der Waals surface area contributed by atoms with Gasteiger partial charge in [-0.05, 0) is 22.4 Å². The molecule has 2 unspecified atom stereocenters. The summed E-state index contributed by atoms with van der Waals surface area (Å²) in [6, 6.07) is 0. The average Bonchev–Trinajstić information content (AvgIpc) is 2.73. The van der Waals surface area contributed by atoms with Crippen molar-refractivity contribution in [2.75, 3.05) is 20.8 Å². The van der Waals surface area contributed by atoms with E-state index in [0.29, 0.717) is 13.2 Å². The van der Waals surface area contributed by atoms with Crippen LogP contribution in [0.1, 0.15) is 31.6 Å². The summed E-state index contributed by atoms with van der Waals surface area (Å²) in [4.78, 5) is 0. The highest BCUT2D eigenvalue weighted by Gasteiger charge is 2.25. The number of aromatic nitrogens is 2. The van der Waals surface area contributed by atoms with Gasteiger partial charge in [0, 0.05) is 14.2 Å². The first kappa shape index (κ1) is 15.6. The van der Waals surface area contributed by atoms with Crippen LogP contribution in [0.2, 0.25) is 0 Å². The van der Waals surface area contributed by atoms with Gasteiger partial charge in [0.1, 0.15) is 6.10 Å². The fourth-order valence-corrected chi connectivity index (χ4v) is 2.42. The molecule has 0 radical (unpaired) electrons. The van der Waals surface area contributed by atoms with Gasteiger partial charge < -0.3 is 14.6 Å². The maximum absolute atomic E-state index is 10.4. The van der Waals surface area contributed by atoms with Crippen LogP contribution < -0.4 is 0 Å². The molecule has 2 atom stereocenters. The molecule has 0 amide bonds. The molecule has 0 aliphatic rings. The Balaban J connectivity index is 2.88. The summed E-state index contributed by atoms with van der Waals surface area (Å²) in [7, 11) is 3.26. The molecule has 1 heterocycles. The van der Waals surface area contributed by atoms with E-state index in [-0.39, 0.29) is 6.10 Å². The Morgan fingerprint density at radius 1 is 1.50 bits per heavy atom. The molecule has 18 heavy (non-hydrogen) atoms. The van der Waals surface area contributed by atoms with E-state index in [2.05, 4.69) is 28.0 Å². The Labute approximate surface area is 116 Å². The Morgan fingerprint density at radius 3 is 2.78 bits per heavy atom. The van der Waals surface area contributed by atoms with Gasteiger partial charge >= 0.3 is 0 Å². The normalized spacial score (nSPS) is 14.7. The third kappa shape index (κ3) is 3.78. The van der Waals surface area contributed by atoms with Crippen LogP contribution in [0.3, 0.4) is 0 Å². The minimum atomic E-state index is -0.691. The topological polar surface area (TPSA) is 56.5 Å². The highest BCUT2D eigenvalue weighted by molar-refractivity contribution is 9.10. The first-order valence-electron chi connectivity index (χ1n) is 6.06. The SMILES string of the molecule is CCCC(OC)C(O)c1c(Br)cnn1CCOC. The minimum absolute atomic E-state index is 0.218.